The molecule has 2 rings (SSSR count). The summed E-state index contributed by atoms with van der Waals surface area (Å²) >= 11 is 0. The highest BCUT2D eigenvalue weighted by molar-refractivity contribution is 7.86. The number of hydrogen-bond acceptors (Lipinski definition) is 7. The number of hydrogen-bond donors (Lipinski definition) is 1. The van der Waals surface area contributed by atoms with E-state index in [9.17, 15) is 18.3 Å². The van der Waals surface area contributed by atoms with Crippen molar-refractivity contribution in [2.24, 2.45) is 0 Å². The normalized spacial score (nSPS) is 25.1. The molecular formula is C14H18O7S. The lowest BCUT2D eigenvalue weighted by Crippen LogP contribution is -2.32. The van der Waals surface area contributed by atoms with Crippen molar-refractivity contribution in [3.8, 4) is 0 Å². The van der Waals surface area contributed by atoms with Gasteiger partial charge in [0, 0.05) is 6.42 Å². The molecule has 1 N–H and O–H groups in total. The second kappa shape index (κ2) is 6.74. The zero-order valence-electron chi connectivity index (χ0n) is 12.3. The molecule has 7 nitrogen and oxygen atoms in total. The zero-order chi connectivity index (χ0) is 16.3. The van der Waals surface area contributed by atoms with E-state index >= 15 is 0 Å². The summed E-state index contributed by atoms with van der Waals surface area (Å²) in [6.07, 6.45) is -1.95. The maximum atomic E-state index is 11.9. The molecule has 0 spiro atoms. The van der Waals surface area contributed by atoms with Crippen LogP contribution in [0.5, 0.6) is 0 Å². The van der Waals surface area contributed by atoms with Gasteiger partial charge in [0.25, 0.3) is 10.1 Å². The van der Waals surface area contributed by atoms with Crippen molar-refractivity contribution in [2.75, 3.05) is 12.9 Å². The molecule has 1 saturated heterocycles. The van der Waals surface area contributed by atoms with Crippen LogP contribution in [0.3, 0.4) is 0 Å². The molecule has 1 aliphatic rings. The van der Waals surface area contributed by atoms with Gasteiger partial charge in [0.05, 0.1) is 11.8 Å². The average Bonchev–Trinajstić information content (AvgIpc) is 2.74. The minimum atomic E-state index is -3.69. The summed E-state index contributed by atoms with van der Waals surface area (Å²) in [5.41, 5.74) is 1.39. The Morgan fingerprint density at radius 3 is 2.59 bits per heavy atom. The Balaban J connectivity index is 1.94. The molecule has 0 unspecified atom stereocenters. The summed E-state index contributed by atoms with van der Waals surface area (Å²) in [6, 6.07) is 6.82. The molecule has 1 heterocycles. The number of aliphatic hydroxyl groups excluding tert-OH is 1. The number of esters is 1. The van der Waals surface area contributed by atoms with Gasteiger partial charge >= 0.3 is 5.97 Å². The third kappa shape index (κ3) is 4.77. The molecule has 1 aliphatic heterocycles. The van der Waals surface area contributed by atoms with E-state index in [1.807, 2.05) is 6.92 Å². The van der Waals surface area contributed by atoms with Gasteiger partial charge in [0.2, 0.25) is 0 Å². The number of benzene rings is 1. The largest absolute Gasteiger partial charge is 0.459 e. The van der Waals surface area contributed by atoms with Gasteiger partial charge in [-0.15, -0.1) is 0 Å². The van der Waals surface area contributed by atoms with Gasteiger partial charge in [0.15, 0.2) is 6.29 Å². The number of carbonyl (C=O) groups excluding carboxylic acids is 1. The van der Waals surface area contributed by atoms with Crippen molar-refractivity contribution in [3.05, 3.63) is 35.4 Å². The molecule has 8 heteroatoms. The molecule has 3 atom stereocenters. The van der Waals surface area contributed by atoms with E-state index in [1.165, 1.54) is 0 Å². The first-order valence-electron chi connectivity index (χ1n) is 6.70. The third-order valence-corrected chi connectivity index (χ3v) is 3.74. The third-order valence-electron chi connectivity index (χ3n) is 3.14. The van der Waals surface area contributed by atoms with E-state index in [2.05, 4.69) is 0 Å². The van der Waals surface area contributed by atoms with Crippen LogP contribution in [0.2, 0.25) is 0 Å². The molecule has 0 radical (unpaired) electrons. The Labute approximate surface area is 128 Å². The van der Waals surface area contributed by atoms with Crippen LogP contribution in [0.1, 0.15) is 22.3 Å². The Bertz CT molecular complexity index is 623. The van der Waals surface area contributed by atoms with Crippen molar-refractivity contribution in [1.29, 1.82) is 0 Å². The van der Waals surface area contributed by atoms with Gasteiger partial charge < -0.3 is 14.6 Å². The van der Waals surface area contributed by atoms with Crippen LogP contribution in [0, 0.1) is 6.92 Å². The van der Waals surface area contributed by atoms with E-state index in [0.29, 0.717) is 5.56 Å². The molecule has 1 aromatic carbocycles. The molecule has 1 fully saturated rings. The number of ether oxygens (including phenoxy) is 2. The molecule has 0 aromatic heterocycles. The van der Waals surface area contributed by atoms with E-state index in [1.54, 1.807) is 24.3 Å². The van der Waals surface area contributed by atoms with E-state index in [-0.39, 0.29) is 13.0 Å². The molecule has 22 heavy (non-hydrogen) atoms. The van der Waals surface area contributed by atoms with Crippen LogP contribution in [0.4, 0.5) is 0 Å². The molecule has 0 amide bonds. The second-order valence-electron chi connectivity index (χ2n) is 5.17. The van der Waals surface area contributed by atoms with Gasteiger partial charge in [0.1, 0.15) is 18.8 Å². The summed E-state index contributed by atoms with van der Waals surface area (Å²) < 4.78 is 37.4. The number of aliphatic hydroxyl groups is 1. The van der Waals surface area contributed by atoms with E-state index < -0.39 is 34.6 Å². The Morgan fingerprint density at radius 1 is 1.36 bits per heavy atom. The molecule has 122 valence electrons. The highest BCUT2D eigenvalue weighted by Gasteiger charge is 2.38. The van der Waals surface area contributed by atoms with Crippen LogP contribution in [0.15, 0.2) is 24.3 Å². The molecule has 0 saturated carbocycles. The SMILES string of the molecule is Cc1ccc(C(=O)OC[C@H]2O[C@@H](O)C[C@H]2OS(C)(=O)=O)cc1. The van der Waals surface area contributed by atoms with Crippen molar-refractivity contribution in [3.63, 3.8) is 0 Å². The maximum Gasteiger partial charge on any atom is 0.338 e. The van der Waals surface area contributed by atoms with Gasteiger partial charge in [-0.05, 0) is 19.1 Å². The Morgan fingerprint density at radius 2 is 2.00 bits per heavy atom. The molecule has 1 aromatic rings. The van der Waals surface area contributed by atoms with Gasteiger partial charge in [-0.3, -0.25) is 4.18 Å². The summed E-state index contributed by atoms with van der Waals surface area (Å²) in [5, 5.41) is 9.44. The van der Waals surface area contributed by atoms with Crippen molar-refractivity contribution >= 4 is 16.1 Å². The van der Waals surface area contributed by atoms with Gasteiger partial charge in [-0.25, -0.2) is 4.79 Å². The number of aryl methyl sites for hydroxylation is 1. The highest BCUT2D eigenvalue weighted by atomic mass is 32.2. The first kappa shape index (κ1) is 16.9. The predicted octanol–water partition coefficient (Wildman–Crippen LogP) is 0.604. The lowest BCUT2D eigenvalue weighted by Gasteiger charge is -2.17. The van der Waals surface area contributed by atoms with E-state index in [0.717, 1.165) is 11.8 Å². The Kier molecular flexibility index (Phi) is 5.17. The fourth-order valence-corrected chi connectivity index (χ4v) is 2.75. The fraction of sp³-hybridized carbons (Fsp3) is 0.500. The average molecular weight is 330 g/mol. The van der Waals surface area contributed by atoms with Crippen LogP contribution in [-0.2, 0) is 23.8 Å². The van der Waals surface area contributed by atoms with Crippen LogP contribution in [0.25, 0.3) is 0 Å². The summed E-state index contributed by atoms with van der Waals surface area (Å²) in [7, 11) is -3.69. The van der Waals surface area contributed by atoms with Crippen molar-refractivity contribution in [1.82, 2.24) is 0 Å². The zero-order valence-corrected chi connectivity index (χ0v) is 13.1. The van der Waals surface area contributed by atoms with Crippen molar-refractivity contribution < 1.29 is 32.0 Å². The van der Waals surface area contributed by atoms with Gasteiger partial charge in [-0.1, -0.05) is 17.7 Å². The minimum Gasteiger partial charge on any atom is -0.459 e. The predicted molar refractivity (Wildman–Crippen MR) is 76.7 cm³/mol. The first-order valence-corrected chi connectivity index (χ1v) is 8.52. The summed E-state index contributed by atoms with van der Waals surface area (Å²) in [6.45, 7) is 1.69. The van der Waals surface area contributed by atoms with Crippen molar-refractivity contribution in [2.45, 2.75) is 31.8 Å². The maximum absolute atomic E-state index is 11.9. The minimum absolute atomic E-state index is 0.000180. The van der Waals surface area contributed by atoms with E-state index in [4.69, 9.17) is 13.7 Å². The first-order chi connectivity index (χ1) is 10.2. The lowest BCUT2D eigenvalue weighted by molar-refractivity contribution is -0.108. The Hall–Kier alpha value is -1.48. The van der Waals surface area contributed by atoms with Crippen LogP contribution < -0.4 is 0 Å². The summed E-state index contributed by atoms with van der Waals surface area (Å²) in [5.74, 6) is -0.553. The second-order valence-corrected chi connectivity index (χ2v) is 6.77. The quantitative estimate of drug-likeness (QED) is 0.623. The highest BCUT2D eigenvalue weighted by Crippen LogP contribution is 2.23. The molecule has 0 aliphatic carbocycles. The number of carbonyl (C=O) groups is 1. The standard InChI is InChI=1S/C14H18O7S/c1-9-3-5-10(6-4-9)14(16)19-8-12-11(7-13(15)20-12)21-22(2,17)18/h3-6,11-13,15H,7-8H2,1-2H3/t11-,12-,13-/m1/s1. The van der Waals surface area contributed by atoms with Gasteiger partial charge in [-0.2, -0.15) is 8.42 Å². The smallest absolute Gasteiger partial charge is 0.338 e. The fourth-order valence-electron chi connectivity index (χ4n) is 2.10. The van der Waals surface area contributed by atoms with Crippen LogP contribution >= 0.6 is 0 Å². The number of rotatable bonds is 5. The lowest BCUT2D eigenvalue weighted by atomic mass is 10.1. The summed E-state index contributed by atoms with van der Waals surface area (Å²) in [4.78, 5) is 11.9. The molecular weight excluding hydrogens is 312 g/mol. The van der Waals surface area contributed by atoms with Crippen LogP contribution in [-0.4, -0.2) is 50.9 Å². The topological polar surface area (TPSA) is 99.1 Å². The molecule has 0 bridgehead atoms. The monoisotopic (exact) mass is 330 g/mol.